The molecule has 0 aliphatic heterocycles. The largest absolute Gasteiger partial charge is 0.481 e. The number of nitrogens with one attached hydrogen (secondary N) is 2. The number of carbonyl (C=O) groups is 3. The van der Waals surface area contributed by atoms with Crippen LogP contribution < -0.4 is 10.6 Å². The summed E-state index contributed by atoms with van der Waals surface area (Å²) in [5.41, 5.74) is 5.06. The molecule has 1 heterocycles. The number of hydrogen-bond acceptors (Lipinski definition) is 6. The van der Waals surface area contributed by atoms with Crippen LogP contribution >= 0.6 is 11.3 Å². The summed E-state index contributed by atoms with van der Waals surface area (Å²) in [7, 11) is 0. The molecule has 8 nitrogen and oxygen atoms in total. The van der Waals surface area contributed by atoms with Crippen LogP contribution in [0.3, 0.4) is 0 Å². The van der Waals surface area contributed by atoms with Crippen LogP contribution in [0.1, 0.15) is 36.1 Å². The van der Waals surface area contributed by atoms with E-state index in [4.69, 9.17) is 9.84 Å². The zero-order valence-electron chi connectivity index (χ0n) is 18.6. The zero-order chi connectivity index (χ0) is 24.1. The third kappa shape index (κ3) is 5.26. The highest BCUT2D eigenvalue weighted by Gasteiger charge is 2.29. The van der Waals surface area contributed by atoms with Crippen molar-refractivity contribution < 1.29 is 24.2 Å². The highest BCUT2D eigenvalue weighted by atomic mass is 32.1. The molecule has 1 aromatic heterocycles. The molecule has 3 N–H and O–H groups in total. The Labute approximate surface area is 201 Å². The fraction of sp³-hybridized carbons (Fsp3) is 0.280. The summed E-state index contributed by atoms with van der Waals surface area (Å²) in [4.78, 5) is 39.8. The lowest BCUT2D eigenvalue weighted by molar-refractivity contribution is -0.141. The molecule has 2 amide bonds. The third-order valence-electron chi connectivity index (χ3n) is 5.83. The van der Waals surface area contributed by atoms with Crippen molar-refractivity contribution in [3.05, 3.63) is 70.7 Å². The Hall–Kier alpha value is -3.72. The summed E-state index contributed by atoms with van der Waals surface area (Å²) < 4.78 is 5.52. The van der Waals surface area contributed by atoms with E-state index in [9.17, 15) is 14.4 Å². The van der Waals surface area contributed by atoms with Crippen molar-refractivity contribution >= 4 is 34.4 Å². The van der Waals surface area contributed by atoms with Crippen LogP contribution in [0.15, 0.2) is 53.9 Å². The van der Waals surface area contributed by atoms with Gasteiger partial charge in [0.15, 0.2) is 5.13 Å². The summed E-state index contributed by atoms with van der Waals surface area (Å²) in [6.07, 6.45) is -0.182. The highest BCUT2D eigenvalue weighted by Crippen LogP contribution is 2.44. The van der Waals surface area contributed by atoms with E-state index in [2.05, 4.69) is 39.9 Å². The number of carboxylic acids is 1. The lowest BCUT2D eigenvalue weighted by atomic mass is 9.98. The summed E-state index contributed by atoms with van der Waals surface area (Å²) in [6.45, 7) is 2.02. The minimum Gasteiger partial charge on any atom is -0.481 e. The average molecular weight is 480 g/mol. The Morgan fingerprint density at radius 2 is 1.74 bits per heavy atom. The number of nitrogens with zero attached hydrogens (tertiary/aromatic N) is 1. The fourth-order valence-corrected chi connectivity index (χ4v) is 4.73. The molecule has 9 heteroatoms. The van der Waals surface area contributed by atoms with Gasteiger partial charge < -0.3 is 15.2 Å². The van der Waals surface area contributed by atoms with E-state index in [0.717, 1.165) is 22.3 Å². The molecular formula is C25H25N3O5S. The Kier molecular flexibility index (Phi) is 7.22. The van der Waals surface area contributed by atoms with Gasteiger partial charge in [-0.1, -0.05) is 55.5 Å². The molecule has 34 heavy (non-hydrogen) atoms. The zero-order valence-corrected chi connectivity index (χ0v) is 19.4. The van der Waals surface area contributed by atoms with Crippen LogP contribution in [0.25, 0.3) is 11.1 Å². The van der Waals surface area contributed by atoms with Gasteiger partial charge >= 0.3 is 12.1 Å². The van der Waals surface area contributed by atoms with Crippen molar-refractivity contribution in [1.29, 1.82) is 0 Å². The first-order chi connectivity index (χ1) is 16.5. The van der Waals surface area contributed by atoms with Crippen molar-refractivity contribution in [2.24, 2.45) is 5.92 Å². The van der Waals surface area contributed by atoms with Crippen molar-refractivity contribution in [1.82, 2.24) is 10.3 Å². The molecule has 1 aliphatic rings. The topological polar surface area (TPSA) is 118 Å². The van der Waals surface area contributed by atoms with Crippen LogP contribution in [-0.2, 0) is 20.7 Å². The molecule has 4 rings (SSSR count). The van der Waals surface area contributed by atoms with E-state index >= 15 is 0 Å². The van der Waals surface area contributed by atoms with Gasteiger partial charge in [-0.3, -0.25) is 14.9 Å². The molecule has 0 saturated carbocycles. The predicted octanol–water partition coefficient (Wildman–Crippen LogP) is 4.27. The minimum absolute atomic E-state index is 0.00107. The maximum absolute atomic E-state index is 12.4. The normalized spacial score (nSPS) is 13.0. The SMILES string of the molecule is CCC(CNC(=O)Cc1csc(NC(=O)OCC2c3ccccc3-c3ccccc32)n1)C(=O)O. The number of carbonyl (C=O) groups excluding carboxylic acids is 2. The second-order valence-corrected chi connectivity index (χ2v) is 8.88. The lowest BCUT2D eigenvalue weighted by Crippen LogP contribution is -2.33. The quantitative estimate of drug-likeness (QED) is 0.422. The summed E-state index contributed by atoms with van der Waals surface area (Å²) in [6, 6.07) is 16.2. The second kappa shape index (κ2) is 10.5. The molecule has 1 aliphatic carbocycles. The Morgan fingerprint density at radius 1 is 1.09 bits per heavy atom. The first-order valence-corrected chi connectivity index (χ1v) is 11.9. The molecule has 3 aromatic rings. The van der Waals surface area contributed by atoms with E-state index in [1.165, 1.54) is 11.3 Å². The minimum atomic E-state index is -0.939. The molecular weight excluding hydrogens is 454 g/mol. The molecule has 2 aromatic carbocycles. The number of rotatable bonds is 9. The maximum Gasteiger partial charge on any atom is 0.413 e. The molecule has 176 valence electrons. The van der Waals surface area contributed by atoms with E-state index in [0.29, 0.717) is 17.2 Å². The van der Waals surface area contributed by atoms with Crippen LogP contribution in [0.4, 0.5) is 9.93 Å². The van der Waals surface area contributed by atoms with Gasteiger partial charge in [0.2, 0.25) is 5.91 Å². The number of anilines is 1. The van der Waals surface area contributed by atoms with Crippen molar-refractivity contribution in [3.8, 4) is 11.1 Å². The van der Waals surface area contributed by atoms with Gasteiger partial charge in [0.05, 0.1) is 18.0 Å². The summed E-state index contributed by atoms with van der Waals surface area (Å²) in [5, 5.41) is 16.3. The highest BCUT2D eigenvalue weighted by molar-refractivity contribution is 7.13. The molecule has 0 fully saturated rings. The Morgan fingerprint density at radius 3 is 2.35 bits per heavy atom. The third-order valence-corrected chi connectivity index (χ3v) is 6.64. The van der Waals surface area contributed by atoms with Gasteiger partial charge in [0, 0.05) is 17.8 Å². The average Bonchev–Trinajstić information content (AvgIpc) is 3.39. The van der Waals surface area contributed by atoms with E-state index in [-0.39, 0.29) is 31.4 Å². The molecule has 0 saturated heterocycles. The van der Waals surface area contributed by atoms with Crippen LogP contribution in [-0.4, -0.2) is 41.2 Å². The van der Waals surface area contributed by atoms with Crippen molar-refractivity contribution in [2.45, 2.75) is 25.7 Å². The number of amides is 2. The van der Waals surface area contributed by atoms with Gasteiger partial charge in [-0.15, -0.1) is 11.3 Å². The van der Waals surface area contributed by atoms with Crippen LogP contribution in [0, 0.1) is 5.92 Å². The standard InChI is InChI=1S/C25H25N3O5S/c1-2-15(23(30)31)12-26-22(29)11-16-14-34-24(27-16)28-25(32)33-13-21-19-9-5-3-7-17(19)18-8-4-6-10-20(18)21/h3-10,14-15,21H,2,11-13H2,1H3,(H,26,29)(H,30,31)(H,27,28,32). The first kappa shape index (κ1) is 23.4. The molecule has 1 unspecified atom stereocenters. The fourth-order valence-electron chi connectivity index (χ4n) is 4.04. The number of aromatic nitrogens is 1. The van der Waals surface area contributed by atoms with Gasteiger partial charge in [0.25, 0.3) is 0 Å². The molecule has 0 radical (unpaired) electrons. The van der Waals surface area contributed by atoms with E-state index < -0.39 is 18.0 Å². The van der Waals surface area contributed by atoms with Crippen LogP contribution in [0.5, 0.6) is 0 Å². The predicted molar refractivity (Wildman–Crippen MR) is 129 cm³/mol. The van der Waals surface area contributed by atoms with Crippen molar-refractivity contribution in [2.75, 3.05) is 18.5 Å². The molecule has 1 atom stereocenters. The number of thiazole rings is 1. The molecule has 0 bridgehead atoms. The number of benzene rings is 2. The van der Waals surface area contributed by atoms with E-state index in [1.807, 2.05) is 24.3 Å². The number of hydrogen-bond donors (Lipinski definition) is 3. The maximum atomic E-state index is 12.4. The number of carboxylic acid groups (broad SMARTS) is 1. The summed E-state index contributed by atoms with van der Waals surface area (Å²) in [5.74, 6) is -1.92. The monoisotopic (exact) mass is 479 g/mol. The van der Waals surface area contributed by atoms with Gasteiger partial charge in [0.1, 0.15) is 6.61 Å². The first-order valence-electron chi connectivity index (χ1n) is 11.0. The Bertz CT molecular complexity index is 1160. The number of ether oxygens (including phenoxy) is 1. The number of fused-ring (bicyclic) bond motifs is 3. The van der Waals surface area contributed by atoms with Gasteiger partial charge in [-0.05, 0) is 28.7 Å². The second-order valence-electron chi connectivity index (χ2n) is 8.02. The van der Waals surface area contributed by atoms with Gasteiger partial charge in [-0.25, -0.2) is 9.78 Å². The molecule has 0 spiro atoms. The van der Waals surface area contributed by atoms with Crippen LogP contribution in [0.2, 0.25) is 0 Å². The summed E-state index contributed by atoms with van der Waals surface area (Å²) >= 11 is 1.19. The Balaban J connectivity index is 1.29. The van der Waals surface area contributed by atoms with Crippen molar-refractivity contribution in [3.63, 3.8) is 0 Å². The van der Waals surface area contributed by atoms with E-state index in [1.54, 1.807) is 12.3 Å². The lowest BCUT2D eigenvalue weighted by Gasteiger charge is -2.14. The number of aliphatic carboxylic acids is 1. The smallest absolute Gasteiger partial charge is 0.413 e. The van der Waals surface area contributed by atoms with Gasteiger partial charge in [-0.2, -0.15) is 0 Å².